The molecule has 1 aliphatic carbocycles. The molecule has 2 aromatic rings. The zero-order chi connectivity index (χ0) is 12.3. The maximum absolute atomic E-state index is 12.8. The van der Waals surface area contributed by atoms with Gasteiger partial charge in [-0.3, -0.25) is 0 Å². The smallest absolute Gasteiger partial charge is 0.319 e. The van der Waals surface area contributed by atoms with Gasteiger partial charge in [-0.25, -0.2) is 4.98 Å². The molecule has 1 saturated carbocycles. The second-order valence-corrected chi connectivity index (χ2v) is 4.41. The summed E-state index contributed by atoms with van der Waals surface area (Å²) in [6, 6.07) is 2.42. The third kappa shape index (κ3) is 1.51. The summed E-state index contributed by atoms with van der Waals surface area (Å²) in [6.45, 7) is 0. The SMILES string of the molecule is NC1(c2ncc3c(C(F)(F)F)cccn23)CC1. The number of hydrogen-bond donors (Lipinski definition) is 1. The number of nitrogens with zero attached hydrogens (tertiary/aromatic N) is 2. The average Bonchev–Trinajstić information content (AvgIpc) is 2.84. The zero-order valence-electron chi connectivity index (χ0n) is 8.83. The maximum Gasteiger partial charge on any atom is 0.418 e. The lowest BCUT2D eigenvalue weighted by molar-refractivity contribution is -0.136. The van der Waals surface area contributed by atoms with Gasteiger partial charge in [0.05, 0.1) is 22.8 Å². The molecule has 0 unspecified atom stereocenters. The molecule has 0 aliphatic heterocycles. The molecule has 2 heterocycles. The summed E-state index contributed by atoms with van der Waals surface area (Å²) in [5.41, 5.74) is 4.81. The van der Waals surface area contributed by atoms with E-state index in [0.717, 1.165) is 18.9 Å². The van der Waals surface area contributed by atoms with Crippen molar-refractivity contribution in [3.05, 3.63) is 35.9 Å². The highest BCUT2D eigenvalue weighted by Gasteiger charge is 2.44. The van der Waals surface area contributed by atoms with Crippen molar-refractivity contribution in [3.63, 3.8) is 0 Å². The Labute approximate surface area is 95.1 Å². The maximum atomic E-state index is 12.8. The second kappa shape index (κ2) is 3.01. The Kier molecular flexibility index (Phi) is 1.87. The molecule has 2 aromatic heterocycles. The molecular weight excluding hydrogens is 231 g/mol. The molecule has 3 nitrogen and oxygen atoms in total. The lowest BCUT2D eigenvalue weighted by Crippen LogP contribution is -2.22. The van der Waals surface area contributed by atoms with Crippen molar-refractivity contribution in [3.8, 4) is 0 Å². The number of fused-ring (bicyclic) bond motifs is 1. The van der Waals surface area contributed by atoms with Gasteiger partial charge in [-0.1, -0.05) is 0 Å². The van der Waals surface area contributed by atoms with Crippen LogP contribution in [-0.4, -0.2) is 9.38 Å². The number of nitrogens with two attached hydrogens (primary N) is 1. The first-order valence-electron chi connectivity index (χ1n) is 5.24. The van der Waals surface area contributed by atoms with Crippen LogP contribution >= 0.6 is 0 Å². The predicted octanol–water partition coefficient (Wildman–Crippen LogP) is 2.30. The molecule has 0 spiro atoms. The summed E-state index contributed by atoms with van der Waals surface area (Å²) in [7, 11) is 0. The van der Waals surface area contributed by atoms with E-state index in [1.165, 1.54) is 16.7 Å². The summed E-state index contributed by atoms with van der Waals surface area (Å²) in [4.78, 5) is 4.04. The topological polar surface area (TPSA) is 43.3 Å². The molecule has 0 aromatic carbocycles. The van der Waals surface area contributed by atoms with Crippen LogP contribution in [0.4, 0.5) is 13.2 Å². The number of halogens is 3. The van der Waals surface area contributed by atoms with Gasteiger partial charge in [0.1, 0.15) is 5.82 Å². The van der Waals surface area contributed by atoms with Crippen LogP contribution in [-0.2, 0) is 11.7 Å². The van der Waals surface area contributed by atoms with Crippen molar-refractivity contribution in [1.82, 2.24) is 9.38 Å². The Hall–Kier alpha value is -1.56. The van der Waals surface area contributed by atoms with E-state index >= 15 is 0 Å². The summed E-state index contributed by atoms with van der Waals surface area (Å²) in [6.07, 6.45) is -0.0270. The normalized spacial score (nSPS) is 18.6. The van der Waals surface area contributed by atoms with Gasteiger partial charge < -0.3 is 10.1 Å². The van der Waals surface area contributed by atoms with Crippen molar-refractivity contribution in [2.24, 2.45) is 5.73 Å². The van der Waals surface area contributed by atoms with E-state index in [4.69, 9.17) is 5.73 Å². The molecule has 0 atom stereocenters. The molecule has 2 N–H and O–H groups in total. The molecule has 6 heteroatoms. The van der Waals surface area contributed by atoms with E-state index in [1.54, 1.807) is 6.20 Å². The molecular formula is C11H10F3N3. The van der Waals surface area contributed by atoms with Gasteiger partial charge in [-0.15, -0.1) is 0 Å². The Morgan fingerprint density at radius 3 is 2.65 bits per heavy atom. The zero-order valence-corrected chi connectivity index (χ0v) is 8.83. The molecule has 0 radical (unpaired) electrons. The van der Waals surface area contributed by atoms with Gasteiger partial charge >= 0.3 is 6.18 Å². The summed E-state index contributed by atoms with van der Waals surface area (Å²) < 4.78 is 39.7. The minimum absolute atomic E-state index is 0.0618. The highest BCUT2D eigenvalue weighted by Crippen LogP contribution is 2.43. The molecule has 90 valence electrons. The van der Waals surface area contributed by atoms with E-state index in [1.807, 2.05) is 0 Å². The molecule has 1 aliphatic rings. The first kappa shape index (κ1) is 10.6. The molecule has 0 amide bonds. The fraction of sp³-hybridized carbons (Fsp3) is 0.364. The summed E-state index contributed by atoms with van der Waals surface area (Å²) in [5, 5.41) is 0. The highest BCUT2D eigenvalue weighted by molar-refractivity contribution is 5.56. The van der Waals surface area contributed by atoms with Crippen LogP contribution in [0.3, 0.4) is 0 Å². The fourth-order valence-corrected chi connectivity index (χ4v) is 1.99. The quantitative estimate of drug-likeness (QED) is 0.832. The number of hydrogen-bond acceptors (Lipinski definition) is 2. The second-order valence-electron chi connectivity index (χ2n) is 4.41. The van der Waals surface area contributed by atoms with Crippen LogP contribution in [0.25, 0.3) is 5.52 Å². The molecule has 3 rings (SSSR count). The Morgan fingerprint density at radius 1 is 1.35 bits per heavy atom. The molecule has 17 heavy (non-hydrogen) atoms. The largest absolute Gasteiger partial charge is 0.418 e. The number of aromatic nitrogens is 2. The van der Waals surface area contributed by atoms with Gasteiger partial charge in [-0.2, -0.15) is 13.2 Å². The van der Waals surface area contributed by atoms with Crippen molar-refractivity contribution in [2.45, 2.75) is 24.6 Å². The van der Waals surface area contributed by atoms with Crippen molar-refractivity contribution in [2.75, 3.05) is 0 Å². The first-order valence-corrected chi connectivity index (χ1v) is 5.24. The minimum Gasteiger partial charge on any atom is -0.319 e. The highest BCUT2D eigenvalue weighted by atomic mass is 19.4. The van der Waals surface area contributed by atoms with E-state index < -0.39 is 17.3 Å². The standard InChI is InChI=1S/C11H10F3N3/c12-11(13,14)7-2-1-5-17-8(7)6-16-9(17)10(15)3-4-10/h1-2,5-6H,3-4,15H2. The monoisotopic (exact) mass is 241 g/mol. The number of pyridine rings is 1. The Morgan fingerprint density at radius 2 is 2.06 bits per heavy atom. The Bertz CT molecular complexity index is 581. The van der Waals surface area contributed by atoms with E-state index in [0.29, 0.717) is 5.82 Å². The Balaban J connectivity index is 2.26. The molecule has 0 bridgehead atoms. The number of imidazole rings is 1. The van der Waals surface area contributed by atoms with Gasteiger partial charge in [0.25, 0.3) is 0 Å². The van der Waals surface area contributed by atoms with Gasteiger partial charge in [0.15, 0.2) is 0 Å². The van der Waals surface area contributed by atoms with Crippen molar-refractivity contribution >= 4 is 5.52 Å². The van der Waals surface area contributed by atoms with Crippen LogP contribution in [0.2, 0.25) is 0 Å². The summed E-state index contributed by atoms with van der Waals surface area (Å²) in [5.74, 6) is 0.513. The van der Waals surface area contributed by atoms with Crippen LogP contribution in [0.1, 0.15) is 24.2 Å². The lowest BCUT2D eigenvalue weighted by Gasteiger charge is -2.11. The minimum atomic E-state index is -4.37. The summed E-state index contributed by atoms with van der Waals surface area (Å²) >= 11 is 0. The third-order valence-electron chi connectivity index (χ3n) is 3.11. The number of rotatable bonds is 1. The molecule has 0 saturated heterocycles. The van der Waals surface area contributed by atoms with Crippen molar-refractivity contribution < 1.29 is 13.2 Å². The fourth-order valence-electron chi connectivity index (χ4n) is 1.99. The van der Waals surface area contributed by atoms with Gasteiger partial charge in [0, 0.05) is 6.20 Å². The van der Waals surface area contributed by atoms with Crippen LogP contribution in [0.15, 0.2) is 24.5 Å². The number of alkyl halides is 3. The van der Waals surface area contributed by atoms with Gasteiger partial charge in [0.2, 0.25) is 0 Å². The van der Waals surface area contributed by atoms with Crippen LogP contribution < -0.4 is 5.73 Å². The van der Waals surface area contributed by atoms with E-state index in [2.05, 4.69) is 4.98 Å². The third-order valence-corrected chi connectivity index (χ3v) is 3.11. The van der Waals surface area contributed by atoms with Crippen LogP contribution in [0, 0.1) is 0 Å². The van der Waals surface area contributed by atoms with Crippen molar-refractivity contribution in [1.29, 1.82) is 0 Å². The average molecular weight is 241 g/mol. The molecule has 1 fully saturated rings. The first-order chi connectivity index (χ1) is 7.92. The van der Waals surface area contributed by atoms with E-state index in [9.17, 15) is 13.2 Å². The lowest BCUT2D eigenvalue weighted by atomic mass is 10.2. The van der Waals surface area contributed by atoms with E-state index in [-0.39, 0.29) is 5.52 Å². The van der Waals surface area contributed by atoms with Gasteiger partial charge in [-0.05, 0) is 25.0 Å². The predicted molar refractivity (Wildman–Crippen MR) is 55.3 cm³/mol. The van der Waals surface area contributed by atoms with Crippen LogP contribution in [0.5, 0.6) is 0 Å².